The van der Waals surface area contributed by atoms with Crippen LogP contribution >= 0.6 is 0 Å². The van der Waals surface area contributed by atoms with Gasteiger partial charge in [-0.1, -0.05) is 36.4 Å². The minimum Gasteiger partial charge on any atom is -0.493 e. The van der Waals surface area contributed by atoms with Gasteiger partial charge >= 0.3 is 0 Å². The van der Waals surface area contributed by atoms with Crippen molar-refractivity contribution in [1.29, 1.82) is 0 Å². The molecule has 4 atom stereocenters. The summed E-state index contributed by atoms with van der Waals surface area (Å²) >= 11 is 0. The minimum absolute atomic E-state index is 0.00359. The first kappa shape index (κ1) is 35.1. The molecule has 0 saturated carbocycles. The third-order valence-electron chi connectivity index (χ3n) is 13.0. The zero-order chi connectivity index (χ0) is 38.3. The van der Waals surface area contributed by atoms with Gasteiger partial charge in [0.2, 0.25) is 11.8 Å². The normalized spacial score (nSPS) is 27.5. The maximum absolute atomic E-state index is 14.0. The number of hydrogen-bond donors (Lipinski definition) is 1. The Kier molecular flexibility index (Phi) is 8.29. The molecule has 8 heterocycles. The number of fused-ring (bicyclic) bond motifs is 10. The Morgan fingerprint density at radius 3 is 1.72 bits per heavy atom. The number of carbonyl (C=O) groups excluding carboxylic acids is 2. The average molecular weight is 771 g/mol. The molecule has 4 aromatic carbocycles. The number of carbonyl (C=O) groups is 2. The molecule has 2 spiro atoms. The zero-order valence-corrected chi connectivity index (χ0v) is 32.1. The van der Waals surface area contributed by atoms with Crippen LogP contribution in [-0.2, 0) is 42.7 Å². The largest absolute Gasteiger partial charge is 0.493 e. The maximum Gasteiger partial charge on any atom is 0.245 e. The van der Waals surface area contributed by atoms with Crippen molar-refractivity contribution in [2.45, 2.75) is 35.9 Å². The van der Waals surface area contributed by atoms with Gasteiger partial charge in [-0.2, -0.15) is 0 Å². The van der Waals surface area contributed by atoms with Crippen molar-refractivity contribution in [2.75, 3.05) is 95.8 Å². The Bertz CT molecular complexity index is 2290. The number of benzene rings is 4. The predicted molar refractivity (Wildman–Crippen MR) is 211 cm³/mol. The van der Waals surface area contributed by atoms with E-state index in [9.17, 15) is 9.59 Å². The molecule has 8 aliphatic heterocycles. The second kappa shape index (κ2) is 13.5. The summed E-state index contributed by atoms with van der Waals surface area (Å²) in [5, 5.41) is 3.35. The monoisotopic (exact) mass is 770 g/mol. The minimum atomic E-state index is -0.774. The number of amides is 2. The smallest absolute Gasteiger partial charge is 0.245 e. The summed E-state index contributed by atoms with van der Waals surface area (Å²) < 4.78 is 35.4. The molecular weight excluding hydrogens is 725 g/mol. The first-order valence-corrected chi connectivity index (χ1v) is 20.3. The number of anilines is 2. The lowest BCUT2D eigenvalue weighted by molar-refractivity contribution is -0.123. The summed E-state index contributed by atoms with van der Waals surface area (Å²) in [5.74, 6) is 3.47. The summed E-state index contributed by atoms with van der Waals surface area (Å²) in [4.78, 5) is 33.9. The highest BCUT2D eigenvalue weighted by Crippen LogP contribution is 2.55. The van der Waals surface area contributed by atoms with Gasteiger partial charge in [0.05, 0.1) is 51.7 Å². The SMILES string of the molecule is CN1CCOC(CN2C(=O)C3(COc4cc5c(cc43)CCO5)c3ccccc32)C1.O=C1N(CC2CNCCO2)c2ccccc2C12COc1cc3c(cc12)CCO3. The van der Waals surface area contributed by atoms with E-state index in [2.05, 4.69) is 41.5 Å². The van der Waals surface area contributed by atoms with Crippen molar-refractivity contribution in [1.82, 2.24) is 10.2 Å². The number of nitrogens with one attached hydrogen (secondary N) is 1. The van der Waals surface area contributed by atoms with E-state index in [-0.39, 0.29) is 24.0 Å². The van der Waals surface area contributed by atoms with Gasteiger partial charge in [0.25, 0.3) is 0 Å². The number of hydrogen-bond acceptors (Lipinski definition) is 10. The van der Waals surface area contributed by atoms with E-state index in [0.29, 0.717) is 52.7 Å². The van der Waals surface area contributed by atoms with E-state index >= 15 is 0 Å². The number of ether oxygens (including phenoxy) is 6. The van der Waals surface area contributed by atoms with Crippen molar-refractivity contribution in [3.8, 4) is 23.0 Å². The Morgan fingerprint density at radius 1 is 0.632 bits per heavy atom. The van der Waals surface area contributed by atoms with Crippen molar-refractivity contribution >= 4 is 23.2 Å². The molecule has 2 amide bonds. The second-order valence-corrected chi connectivity index (χ2v) is 16.3. The number of likely N-dealkylation sites (N-methyl/N-ethyl adjacent to an activating group) is 1. The Balaban J connectivity index is 0.000000131. The van der Waals surface area contributed by atoms with Crippen LogP contribution in [0.4, 0.5) is 11.4 Å². The molecule has 2 fully saturated rings. The van der Waals surface area contributed by atoms with Gasteiger partial charge in [0, 0.05) is 73.7 Å². The molecule has 4 aromatic rings. The van der Waals surface area contributed by atoms with Crippen LogP contribution in [0.5, 0.6) is 23.0 Å². The van der Waals surface area contributed by atoms with E-state index in [1.165, 1.54) is 0 Å². The highest BCUT2D eigenvalue weighted by atomic mass is 16.5. The molecule has 2 saturated heterocycles. The van der Waals surface area contributed by atoms with E-state index in [0.717, 1.165) is 107 Å². The van der Waals surface area contributed by atoms with Crippen LogP contribution in [0.15, 0.2) is 72.8 Å². The fourth-order valence-corrected chi connectivity index (χ4v) is 10.2. The Hall–Kier alpha value is -5.14. The van der Waals surface area contributed by atoms with E-state index in [1.54, 1.807) is 0 Å². The molecule has 294 valence electrons. The van der Waals surface area contributed by atoms with E-state index < -0.39 is 10.8 Å². The fourth-order valence-electron chi connectivity index (χ4n) is 10.2. The average Bonchev–Trinajstić information content (AvgIpc) is 4.10. The van der Waals surface area contributed by atoms with Gasteiger partial charge in [-0.15, -0.1) is 0 Å². The van der Waals surface area contributed by atoms with Crippen molar-refractivity contribution in [3.63, 3.8) is 0 Å². The van der Waals surface area contributed by atoms with Gasteiger partial charge in [-0.3, -0.25) is 9.59 Å². The molecule has 8 aliphatic rings. The summed E-state index contributed by atoms with van der Waals surface area (Å²) in [6, 6.07) is 24.4. The summed E-state index contributed by atoms with van der Waals surface area (Å²) in [5.41, 5.74) is 6.73. The van der Waals surface area contributed by atoms with Crippen LogP contribution in [0, 0.1) is 0 Å². The molecule has 0 bridgehead atoms. The lowest BCUT2D eigenvalue weighted by Crippen LogP contribution is -2.49. The molecule has 0 radical (unpaired) electrons. The van der Waals surface area contributed by atoms with Crippen molar-refractivity contribution in [3.05, 3.63) is 106 Å². The first-order chi connectivity index (χ1) is 27.9. The molecule has 4 unspecified atom stereocenters. The van der Waals surface area contributed by atoms with Crippen LogP contribution in [-0.4, -0.2) is 115 Å². The van der Waals surface area contributed by atoms with Crippen LogP contribution < -0.4 is 34.1 Å². The maximum atomic E-state index is 14.0. The molecule has 12 nitrogen and oxygen atoms in total. The summed E-state index contributed by atoms with van der Waals surface area (Å²) in [7, 11) is 2.10. The van der Waals surface area contributed by atoms with Gasteiger partial charge < -0.3 is 48.4 Å². The highest BCUT2D eigenvalue weighted by Gasteiger charge is 2.59. The summed E-state index contributed by atoms with van der Waals surface area (Å²) in [6.45, 7) is 7.92. The van der Waals surface area contributed by atoms with Crippen LogP contribution in [0.25, 0.3) is 0 Å². The Morgan fingerprint density at radius 2 is 1.18 bits per heavy atom. The van der Waals surface area contributed by atoms with Crippen molar-refractivity contribution in [2.24, 2.45) is 0 Å². The molecule has 0 aromatic heterocycles. The molecular formula is C45H46N4O8. The standard InChI is InChI=1S/C23H24N2O4.C22H22N2O4/c1-24-7-9-27-16(12-24)13-25-19-5-3-2-4-17(19)23(22(25)26)14-29-21-11-20-15(6-8-28-20)10-18(21)23;25-21-22(13-28-20-10-19-14(5-7-27-19)9-17(20)22)16-3-1-2-4-18(16)24(21)12-15-11-23-6-8-26-15/h2-5,10-11,16H,6-9,12-14H2,1H3;1-4,9-10,15,23H,5-8,11-13H2. The van der Waals surface area contributed by atoms with Crippen LogP contribution in [0.1, 0.15) is 33.4 Å². The van der Waals surface area contributed by atoms with Gasteiger partial charge in [-0.25, -0.2) is 0 Å². The number of morpholine rings is 2. The topological polar surface area (TPSA) is 111 Å². The van der Waals surface area contributed by atoms with E-state index in [4.69, 9.17) is 28.4 Å². The quantitative estimate of drug-likeness (QED) is 0.331. The third kappa shape index (κ3) is 5.34. The number of rotatable bonds is 4. The van der Waals surface area contributed by atoms with Crippen LogP contribution in [0.2, 0.25) is 0 Å². The lowest BCUT2D eigenvalue weighted by Gasteiger charge is -2.33. The Labute approximate surface area is 331 Å². The molecule has 12 heteroatoms. The molecule has 1 N–H and O–H groups in total. The van der Waals surface area contributed by atoms with Crippen molar-refractivity contribution < 1.29 is 38.0 Å². The van der Waals surface area contributed by atoms with Crippen LogP contribution in [0.3, 0.4) is 0 Å². The lowest BCUT2D eigenvalue weighted by atomic mass is 9.76. The van der Waals surface area contributed by atoms with Gasteiger partial charge in [-0.05, 0) is 53.6 Å². The fraction of sp³-hybridized carbons (Fsp3) is 0.422. The van der Waals surface area contributed by atoms with E-state index in [1.807, 2.05) is 58.3 Å². The molecule has 12 rings (SSSR count). The number of para-hydroxylation sites is 2. The highest BCUT2D eigenvalue weighted by molar-refractivity contribution is 6.12. The third-order valence-corrected chi connectivity index (χ3v) is 13.0. The second-order valence-electron chi connectivity index (χ2n) is 16.3. The molecule has 57 heavy (non-hydrogen) atoms. The van der Waals surface area contributed by atoms with Gasteiger partial charge in [0.15, 0.2) is 0 Å². The van der Waals surface area contributed by atoms with Gasteiger partial charge in [0.1, 0.15) is 47.0 Å². The molecule has 0 aliphatic carbocycles. The zero-order valence-electron chi connectivity index (χ0n) is 32.1. The predicted octanol–water partition coefficient (Wildman–Crippen LogP) is 3.61. The summed E-state index contributed by atoms with van der Waals surface area (Å²) in [6.07, 6.45) is 1.76. The number of nitrogens with zero attached hydrogens (tertiary/aromatic N) is 3. The first-order valence-electron chi connectivity index (χ1n) is 20.3.